The molecule has 0 radical (unpaired) electrons. The van der Waals surface area contributed by atoms with E-state index in [1.807, 2.05) is 7.05 Å². The fourth-order valence-electron chi connectivity index (χ4n) is 2.82. The van der Waals surface area contributed by atoms with Crippen LogP contribution in [0.25, 0.3) is 0 Å². The quantitative estimate of drug-likeness (QED) is 0.793. The molecule has 0 aromatic heterocycles. The van der Waals surface area contributed by atoms with E-state index < -0.39 is 0 Å². The highest BCUT2D eigenvalue weighted by atomic mass is 16.5. The Hall–Kier alpha value is -1.06. The van der Waals surface area contributed by atoms with E-state index in [0.717, 1.165) is 18.8 Å². The second kappa shape index (κ2) is 8.40. The van der Waals surface area contributed by atoms with Gasteiger partial charge in [0.2, 0.25) is 0 Å². The lowest BCUT2D eigenvalue weighted by Crippen LogP contribution is -2.37. The zero-order valence-electron chi connectivity index (χ0n) is 14.8. The molecule has 0 fully saturated rings. The largest absolute Gasteiger partial charge is 0.496 e. The molecule has 0 aliphatic carbocycles. The Morgan fingerprint density at radius 1 is 1.19 bits per heavy atom. The van der Waals surface area contributed by atoms with Gasteiger partial charge in [0.15, 0.2) is 0 Å². The van der Waals surface area contributed by atoms with Crippen LogP contribution in [0.1, 0.15) is 43.9 Å². The van der Waals surface area contributed by atoms with Crippen molar-refractivity contribution in [1.82, 2.24) is 10.2 Å². The van der Waals surface area contributed by atoms with E-state index in [1.54, 1.807) is 7.11 Å². The van der Waals surface area contributed by atoms with Crippen LogP contribution >= 0.6 is 0 Å². The highest BCUT2D eigenvalue weighted by Gasteiger charge is 2.16. The fourth-order valence-corrected chi connectivity index (χ4v) is 2.82. The second-order valence-corrected chi connectivity index (χ2v) is 6.01. The number of ether oxygens (including phenoxy) is 1. The average Bonchev–Trinajstić information content (AvgIpc) is 2.48. The Morgan fingerprint density at radius 3 is 2.38 bits per heavy atom. The molecule has 0 amide bonds. The third-order valence-electron chi connectivity index (χ3n) is 4.66. The van der Waals surface area contributed by atoms with Gasteiger partial charge in [-0.1, -0.05) is 13.0 Å². The van der Waals surface area contributed by atoms with E-state index in [9.17, 15) is 0 Å². The number of benzene rings is 1. The maximum Gasteiger partial charge on any atom is 0.122 e. The summed E-state index contributed by atoms with van der Waals surface area (Å²) in [6.45, 7) is 13.2. The predicted molar refractivity (Wildman–Crippen MR) is 91.2 cm³/mol. The van der Waals surface area contributed by atoms with Gasteiger partial charge in [0.05, 0.1) is 7.11 Å². The lowest BCUT2D eigenvalue weighted by Gasteiger charge is -2.30. The Morgan fingerprint density at radius 2 is 1.86 bits per heavy atom. The van der Waals surface area contributed by atoms with Crippen LogP contribution in [0.15, 0.2) is 12.1 Å². The molecule has 0 saturated carbocycles. The van der Waals surface area contributed by atoms with Gasteiger partial charge in [-0.3, -0.25) is 4.90 Å². The zero-order valence-corrected chi connectivity index (χ0v) is 14.8. The monoisotopic (exact) mass is 292 g/mol. The zero-order chi connectivity index (χ0) is 16.0. The van der Waals surface area contributed by atoms with Gasteiger partial charge in [-0.05, 0) is 70.5 Å². The molecule has 0 spiro atoms. The van der Waals surface area contributed by atoms with Gasteiger partial charge in [0, 0.05) is 18.6 Å². The molecule has 1 N–H and O–H groups in total. The van der Waals surface area contributed by atoms with Crippen LogP contribution in [-0.4, -0.2) is 37.7 Å². The SMILES string of the molecule is CCN(Cc1ccc(OC)c(C)c1C)C(C)CC(C)NC. The highest BCUT2D eigenvalue weighted by Crippen LogP contribution is 2.25. The first-order valence-corrected chi connectivity index (χ1v) is 7.98. The van der Waals surface area contributed by atoms with Crippen molar-refractivity contribution in [3.05, 3.63) is 28.8 Å². The fraction of sp³-hybridized carbons (Fsp3) is 0.667. The van der Waals surface area contributed by atoms with Crippen molar-refractivity contribution in [2.45, 2.75) is 59.7 Å². The summed E-state index contributed by atoms with van der Waals surface area (Å²) in [5.74, 6) is 0.983. The van der Waals surface area contributed by atoms with Crippen LogP contribution in [0.5, 0.6) is 5.75 Å². The van der Waals surface area contributed by atoms with Crippen LogP contribution in [0.4, 0.5) is 0 Å². The van der Waals surface area contributed by atoms with E-state index in [2.05, 4.69) is 57.0 Å². The molecule has 0 bridgehead atoms. The highest BCUT2D eigenvalue weighted by molar-refractivity contribution is 5.43. The average molecular weight is 292 g/mol. The molecule has 3 nitrogen and oxygen atoms in total. The Labute approximate surface area is 130 Å². The molecule has 1 aromatic carbocycles. The molecule has 3 heteroatoms. The summed E-state index contributed by atoms with van der Waals surface area (Å²) in [5.41, 5.74) is 4.00. The lowest BCUT2D eigenvalue weighted by atomic mass is 10.0. The summed E-state index contributed by atoms with van der Waals surface area (Å²) in [4.78, 5) is 2.54. The van der Waals surface area contributed by atoms with E-state index in [0.29, 0.717) is 12.1 Å². The van der Waals surface area contributed by atoms with E-state index in [-0.39, 0.29) is 0 Å². The first-order valence-electron chi connectivity index (χ1n) is 7.98. The maximum absolute atomic E-state index is 5.40. The normalized spacial score (nSPS) is 14.3. The third kappa shape index (κ3) is 4.72. The van der Waals surface area contributed by atoms with Crippen LogP contribution in [0.3, 0.4) is 0 Å². The number of rotatable bonds is 8. The first-order chi connectivity index (χ1) is 9.94. The summed E-state index contributed by atoms with van der Waals surface area (Å²) in [6, 6.07) is 5.41. The third-order valence-corrected chi connectivity index (χ3v) is 4.66. The molecule has 2 atom stereocenters. The van der Waals surface area contributed by atoms with Crippen molar-refractivity contribution in [3.63, 3.8) is 0 Å². The molecule has 120 valence electrons. The molecule has 0 aliphatic rings. The van der Waals surface area contributed by atoms with Crippen LogP contribution in [-0.2, 0) is 6.54 Å². The number of nitrogens with zero attached hydrogens (tertiary/aromatic N) is 1. The summed E-state index contributed by atoms with van der Waals surface area (Å²) < 4.78 is 5.40. The molecule has 21 heavy (non-hydrogen) atoms. The molecule has 2 unspecified atom stereocenters. The van der Waals surface area contributed by atoms with Gasteiger partial charge in [0.25, 0.3) is 0 Å². The molecule has 0 aliphatic heterocycles. The Balaban J connectivity index is 2.84. The summed E-state index contributed by atoms with van der Waals surface area (Å²) >= 11 is 0. The van der Waals surface area contributed by atoms with Gasteiger partial charge in [-0.25, -0.2) is 0 Å². The Kier molecular flexibility index (Phi) is 7.20. The lowest BCUT2D eigenvalue weighted by molar-refractivity contribution is 0.190. The molecule has 0 heterocycles. The minimum atomic E-state index is 0.549. The van der Waals surface area contributed by atoms with Gasteiger partial charge < -0.3 is 10.1 Å². The van der Waals surface area contributed by atoms with E-state index >= 15 is 0 Å². The minimum absolute atomic E-state index is 0.549. The van der Waals surface area contributed by atoms with Crippen molar-refractivity contribution in [3.8, 4) is 5.75 Å². The number of hydrogen-bond donors (Lipinski definition) is 1. The van der Waals surface area contributed by atoms with Crippen LogP contribution < -0.4 is 10.1 Å². The molecule has 1 aromatic rings. The van der Waals surface area contributed by atoms with Crippen molar-refractivity contribution < 1.29 is 4.74 Å². The van der Waals surface area contributed by atoms with E-state index in [1.165, 1.54) is 23.1 Å². The van der Waals surface area contributed by atoms with Crippen molar-refractivity contribution in [1.29, 1.82) is 0 Å². The summed E-state index contributed by atoms with van der Waals surface area (Å²) in [7, 11) is 3.77. The van der Waals surface area contributed by atoms with Crippen molar-refractivity contribution in [2.75, 3.05) is 20.7 Å². The number of nitrogens with one attached hydrogen (secondary N) is 1. The molecular formula is C18H32N2O. The van der Waals surface area contributed by atoms with E-state index in [4.69, 9.17) is 4.74 Å². The number of methoxy groups -OCH3 is 1. The summed E-state index contributed by atoms with van der Waals surface area (Å²) in [6.07, 6.45) is 1.17. The van der Waals surface area contributed by atoms with Gasteiger partial charge in [0.1, 0.15) is 5.75 Å². The maximum atomic E-state index is 5.40. The molecule has 1 rings (SSSR count). The number of hydrogen-bond acceptors (Lipinski definition) is 3. The molecular weight excluding hydrogens is 260 g/mol. The predicted octanol–water partition coefficient (Wildman–Crippen LogP) is 3.52. The topological polar surface area (TPSA) is 24.5 Å². The van der Waals surface area contributed by atoms with Gasteiger partial charge >= 0.3 is 0 Å². The smallest absolute Gasteiger partial charge is 0.122 e. The first kappa shape index (κ1) is 18.0. The van der Waals surface area contributed by atoms with Crippen LogP contribution in [0.2, 0.25) is 0 Å². The summed E-state index contributed by atoms with van der Waals surface area (Å²) in [5, 5.41) is 3.33. The second-order valence-electron chi connectivity index (χ2n) is 6.01. The van der Waals surface area contributed by atoms with Gasteiger partial charge in [-0.15, -0.1) is 0 Å². The van der Waals surface area contributed by atoms with Crippen molar-refractivity contribution >= 4 is 0 Å². The van der Waals surface area contributed by atoms with Crippen LogP contribution in [0, 0.1) is 13.8 Å². The minimum Gasteiger partial charge on any atom is -0.496 e. The standard InChI is InChI=1S/C18H32N2O/c1-8-20(14(3)11-13(2)19-6)12-17-9-10-18(21-7)16(5)15(17)4/h9-10,13-14,19H,8,11-12H2,1-7H3. The Bertz CT molecular complexity index is 445. The van der Waals surface area contributed by atoms with Gasteiger partial charge in [-0.2, -0.15) is 0 Å². The molecule has 0 saturated heterocycles. The van der Waals surface area contributed by atoms with Crippen molar-refractivity contribution in [2.24, 2.45) is 0 Å².